The molecule has 7 heteroatoms. The summed E-state index contributed by atoms with van der Waals surface area (Å²) in [6, 6.07) is 5.99. The van der Waals surface area contributed by atoms with Crippen molar-refractivity contribution < 1.29 is 9.53 Å². The summed E-state index contributed by atoms with van der Waals surface area (Å²) in [5, 5.41) is 9.13. The molecule has 0 saturated carbocycles. The number of nitrogens with zero attached hydrogens (tertiary/aromatic N) is 2. The van der Waals surface area contributed by atoms with Crippen molar-refractivity contribution in [3.63, 3.8) is 0 Å². The van der Waals surface area contributed by atoms with Gasteiger partial charge in [0.05, 0.1) is 0 Å². The summed E-state index contributed by atoms with van der Waals surface area (Å²) in [7, 11) is 3.33. The Morgan fingerprint density at radius 1 is 1.39 bits per heavy atom. The molecule has 2 heterocycles. The number of hydrogen-bond acceptors (Lipinski definition) is 3. The van der Waals surface area contributed by atoms with Crippen molar-refractivity contribution in [1.82, 2.24) is 14.8 Å². The van der Waals surface area contributed by atoms with Crippen LogP contribution < -0.4 is 0 Å². The topological polar surface area (TPSA) is 72.4 Å². The van der Waals surface area contributed by atoms with Crippen LogP contribution in [-0.2, 0) is 16.0 Å². The summed E-state index contributed by atoms with van der Waals surface area (Å²) in [4.78, 5) is 18.9. The normalized spacial score (nSPS) is 21.7. The van der Waals surface area contributed by atoms with E-state index in [1.165, 1.54) is 4.90 Å². The third kappa shape index (κ3) is 2.35. The van der Waals surface area contributed by atoms with E-state index in [-0.39, 0.29) is 11.9 Å². The second kappa shape index (κ2) is 5.65. The molecule has 0 spiro atoms. The first-order valence-corrected chi connectivity index (χ1v) is 8.20. The lowest BCUT2D eigenvalue weighted by atomic mass is 10.0. The Labute approximate surface area is 143 Å². The van der Waals surface area contributed by atoms with Crippen LogP contribution in [0.15, 0.2) is 28.9 Å². The number of carbonyl (C=O) groups is 1. The number of guanidine groups is 1. The lowest BCUT2D eigenvalue weighted by Gasteiger charge is -2.32. The first-order valence-electron chi connectivity index (χ1n) is 7.40. The Bertz CT molecular complexity index is 787. The van der Waals surface area contributed by atoms with Crippen LogP contribution in [0.4, 0.5) is 0 Å². The van der Waals surface area contributed by atoms with E-state index in [2.05, 4.69) is 20.9 Å². The van der Waals surface area contributed by atoms with Gasteiger partial charge in [0.2, 0.25) is 11.7 Å². The highest BCUT2D eigenvalue weighted by Gasteiger charge is 2.54. The van der Waals surface area contributed by atoms with Crippen molar-refractivity contribution in [2.24, 2.45) is 0 Å². The van der Waals surface area contributed by atoms with Crippen LogP contribution >= 0.6 is 15.9 Å². The van der Waals surface area contributed by atoms with Crippen molar-refractivity contribution in [1.29, 1.82) is 5.41 Å². The molecule has 2 aromatic rings. The Kier molecular flexibility index (Phi) is 3.93. The highest BCUT2D eigenvalue weighted by atomic mass is 79.9. The first-order chi connectivity index (χ1) is 10.9. The Hall–Kier alpha value is -1.86. The number of ether oxygens (including phenoxy) is 1. The van der Waals surface area contributed by atoms with E-state index in [1.807, 2.05) is 31.3 Å². The molecule has 1 aromatic carbocycles. The van der Waals surface area contributed by atoms with E-state index in [0.29, 0.717) is 13.0 Å². The van der Waals surface area contributed by atoms with Crippen LogP contribution in [0.2, 0.25) is 0 Å². The maximum absolute atomic E-state index is 12.8. The molecule has 0 radical (unpaired) electrons. The number of carbonyl (C=O) groups excluding carboxylic acids is 1. The number of hydrogen-bond donors (Lipinski definition) is 2. The largest absolute Gasteiger partial charge is 0.361 e. The van der Waals surface area contributed by atoms with Crippen LogP contribution in [0.5, 0.6) is 0 Å². The van der Waals surface area contributed by atoms with Crippen LogP contribution in [0.1, 0.15) is 12.5 Å². The van der Waals surface area contributed by atoms with Gasteiger partial charge < -0.3 is 14.6 Å². The summed E-state index contributed by atoms with van der Waals surface area (Å²) >= 11 is 3.46. The zero-order valence-corrected chi connectivity index (χ0v) is 14.9. The molecule has 23 heavy (non-hydrogen) atoms. The fourth-order valence-corrected chi connectivity index (χ4v) is 3.46. The number of amides is 1. The van der Waals surface area contributed by atoms with Crippen LogP contribution in [0.25, 0.3) is 10.9 Å². The lowest BCUT2D eigenvalue weighted by Crippen LogP contribution is -2.52. The van der Waals surface area contributed by atoms with Gasteiger partial charge in [0, 0.05) is 48.7 Å². The first kappa shape index (κ1) is 16.0. The number of fused-ring (bicyclic) bond motifs is 1. The number of H-pyrrole nitrogens is 1. The summed E-state index contributed by atoms with van der Waals surface area (Å²) in [6.07, 6.45) is 2.28. The van der Waals surface area contributed by atoms with E-state index >= 15 is 0 Å². The summed E-state index contributed by atoms with van der Waals surface area (Å²) < 4.78 is 6.87. The molecule has 3 rings (SSSR count). The van der Waals surface area contributed by atoms with E-state index < -0.39 is 5.72 Å². The highest BCUT2D eigenvalue weighted by molar-refractivity contribution is 9.10. The van der Waals surface area contributed by atoms with Gasteiger partial charge in [-0.05, 0) is 24.6 Å². The molecule has 0 unspecified atom stereocenters. The third-order valence-electron chi connectivity index (χ3n) is 4.36. The number of rotatable bonds is 4. The smallest absolute Gasteiger partial charge is 0.282 e. The number of likely N-dealkylation sites (N-methyl/N-ethyl adjacent to an activating group) is 2. The second-order valence-corrected chi connectivity index (χ2v) is 6.56. The molecule has 122 valence electrons. The van der Waals surface area contributed by atoms with Gasteiger partial charge in [0.25, 0.3) is 5.91 Å². The van der Waals surface area contributed by atoms with Gasteiger partial charge in [-0.3, -0.25) is 15.1 Å². The predicted octanol–water partition coefficient (Wildman–Crippen LogP) is 2.54. The Balaban J connectivity index is 2.06. The molecular weight excluding hydrogens is 360 g/mol. The highest BCUT2D eigenvalue weighted by Crippen LogP contribution is 2.33. The molecule has 1 saturated heterocycles. The van der Waals surface area contributed by atoms with Crippen LogP contribution in [0, 0.1) is 5.41 Å². The molecule has 1 atom stereocenters. The van der Waals surface area contributed by atoms with Gasteiger partial charge in [-0.15, -0.1) is 0 Å². The average Bonchev–Trinajstić information content (AvgIpc) is 2.98. The van der Waals surface area contributed by atoms with Crippen molar-refractivity contribution in [2.45, 2.75) is 19.1 Å². The minimum absolute atomic E-state index is 0.144. The number of halogens is 1. The molecule has 1 amide bonds. The fraction of sp³-hybridized carbons (Fsp3) is 0.375. The number of nitrogens with one attached hydrogen (secondary N) is 2. The number of aromatic amines is 1. The zero-order chi connectivity index (χ0) is 16.8. The van der Waals surface area contributed by atoms with Gasteiger partial charge in [-0.2, -0.15) is 0 Å². The van der Waals surface area contributed by atoms with Crippen molar-refractivity contribution in [3.8, 4) is 0 Å². The molecule has 1 fully saturated rings. The predicted molar refractivity (Wildman–Crippen MR) is 92.3 cm³/mol. The van der Waals surface area contributed by atoms with E-state index in [1.54, 1.807) is 19.0 Å². The van der Waals surface area contributed by atoms with E-state index in [9.17, 15) is 4.79 Å². The molecule has 2 N–H and O–H groups in total. The quantitative estimate of drug-likeness (QED) is 0.858. The maximum Gasteiger partial charge on any atom is 0.282 e. The van der Waals surface area contributed by atoms with Gasteiger partial charge in [0.15, 0.2) is 0 Å². The molecule has 1 aromatic heterocycles. The van der Waals surface area contributed by atoms with Crippen molar-refractivity contribution in [3.05, 3.63) is 34.4 Å². The third-order valence-corrected chi connectivity index (χ3v) is 4.85. The number of benzene rings is 1. The fourth-order valence-electron chi connectivity index (χ4n) is 3.10. The van der Waals surface area contributed by atoms with E-state index in [0.717, 1.165) is 20.9 Å². The Morgan fingerprint density at radius 3 is 2.74 bits per heavy atom. The van der Waals surface area contributed by atoms with Crippen molar-refractivity contribution in [2.75, 3.05) is 20.7 Å². The summed E-state index contributed by atoms with van der Waals surface area (Å²) in [5.41, 5.74) is 0.824. The van der Waals surface area contributed by atoms with Crippen LogP contribution in [0.3, 0.4) is 0 Å². The monoisotopic (exact) mass is 378 g/mol. The molecule has 0 aliphatic carbocycles. The standard InChI is InChI=1S/C16H19BrN4O2/c1-4-23-16(14(22)20(2)15(18)21(16)3)8-10-9-19-13-7-11(17)5-6-12(10)13/h5-7,9,18-19H,4,8H2,1-3H3/t16-/m1/s1. The minimum Gasteiger partial charge on any atom is -0.361 e. The summed E-state index contributed by atoms with van der Waals surface area (Å²) in [5.74, 6) is -0.0654. The molecule has 1 aliphatic rings. The maximum atomic E-state index is 12.8. The Morgan fingerprint density at radius 2 is 2.13 bits per heavy atom. The van der Waals surface area contributed by atoms with E-state index in [4.69, 9.17) is 10.1 Å². The molecule has 1 aliphatic heterocycles. The van der Waals surface area contributed by atoms with Gasteiger partial charge in [0.1, 0.15) is 0 Å². The van der Waals surface area contributed by atoms with Gasteiger partial charge >= 0.3 is 0 Å². The van der Waals surface area contributed by atoms with Gasteiger partial charge in [-0.25, -0.2) is 0 Å². The molecule has 0 bridgehead atoms. The van der Waals surface area contributed by atoms with Crippen molar-refractivity contribution >= 4 is 38.7 Å². The van der Waals surface area contributed by atoms with Gasteiger partial charge in [-0.1, -0.05) is 22.0 Å². The SMILES string of the molecule is CCO[C@]1(Cc2c[nH]c3cc(Br)ccc23)C(=O)N(C)C(=N)N1C. The van der Waals surface area contributed by atoms with Crippen LogP contribution in [-0.4, -0.2) is 53.1 Å². The minimum atomic E-state index is -1.16. The zero-order valence-electron chi connectivity index (χ0n) is 13.3. The lowest BCUT2D eigenvalue weighted by molar-refractivity contribution is -0.161. The summed E-state index contributed by atoms with van der Waals surface area (Å²) in [6.45, 7) is 2.25. The molecular formula is C16H19BrN4O2. The second-order valence-electron chi connectivity index (χ2n) is 5.64. The average molecular weight is 379 g/mol. The molecule has 6 nitrogen and oxygen atoms in total. The number of aromatic nitrogens is 1.